The van der Waals surface area contributed by atoms with Crippen LogP contribution in [-0.4, -0.2) is 45.2 Å². The molecule has 9 nitrogen and oxygen atoms in total. The molecule has 0 aliphatic rings. The summed E-state index contributed by atoms with van der Waals surface area (Å²) in [6.45, 7) is 3.13. The molecule has 0 bridgehead atoms. The molecule has 0 saturated heterocycles. The molecule has 0 fully saturated rings. The maximum atomic E-state index is 13.7. The van der Waals surface area contributed by atoms with Crippen molar-refractivity contribution in [2.24, 2.45) is 4.99 Å². The number of halogens is 3. The van der Waals surface area contributed by atoms with Gasteiger partial charge in [0.25, 0.3) is 0 Å². The summed E-state index contributed by atoms with van der Waals surface area (Å²) in [4.78, 5) is 32.8. The minimum absolute atomic E-state index is 0.171. The first kappa shape index (κ1) is 27.2. The smallest absolute Gasteiger partial charge is 0.421 e. The van der Waals surface area contributed by atoms with Crippen LogP contribution in [-0.2, 0) is 6.18 Å². The van der Waals surface area contributed by atoms with Crippen LogP contribution >= 0.6 is 0 Å². The van der Waals surface area contributed by atoms with Crippen molar-refractivity contribution in [1.82, 2.24) is 19.9 Å². The van der Waals surface area contributed by atoms with Gasteiger partial charge in [-0.3, -0.25) is 4.79 Å². The molecule has 200 valence electrons. The molecule has 0 amide bonds. The monoisotopic (exact) mass is 535 g/mol. The number of alkyl halides is 3. The van der Waals surface area contributed by atoms with Crippen LogP contribution in [0, 0.1) is 6.92 Å². The molecule has 39 heavy (non-hydrogen) atoms. The lowest BCUT2D eigenvalue weighted by Gasteiger charge is -2.21. The minimum atomic E-state index is -4.67. The predicted octanol–water partition coefficient (Wildman–Crippen LogP) is 5.72. The summed E-state index contributed by atoms with van der Waals surface area (Å²) in [6, 6.07) is 13.4. The van der Waals surface area contributed by atoms with E-state index in [1.807, 2.05) is 6.07 Å². The summed E-state index contributed by atoms with van der Waals surface area (Å²) in [7, 11) is 1.44. The number of para-hydroxylation sites is 1. The van der Waals surface area contributed by atoms with E-state index in [1.54, 1.807) is 49.4 Å². The third-order valence-electron chi connectivity index (χ3n) is 5.59. The Labute approximate surface area is 222 Å². The first-order valence-electron chi connectivity index (χ1n) is 11.7. The average Bonchev–Trinajstić information content (AvgIpc) is 2.92. The predicted molar refractivity (Wildman–Crippen MR) is 141 cm³/mol. The van der Waals surface area contributed by atoms with Crippen LogP contribution in [0.3, 0.4) is 0 Å². The fraction of sp³-hybridized carbons (Fsp3) is 0.185. The quantitative estimate of drug-likeness (QED) is 0.167. The van der Waals surface area contributed by atoms with Crippen molar-refractivity contribution in [3.63, 3.8) is 0 Å². The number of carbonyl (C=O) groups is 1. The normalized spacial score (nSPS) is 12.5. The van der Waals surface area contributed by atoms with E-state index in [0.29, 0.717) is 28.8 Å². The van der Waals surface area contributed by atoms with Crippen molar-refractivity contribution in [3.8, 4) is 17.1 Å². The number of hydrogen-bond acceptors (Lipinski definition) is 8. The topological polar surface area (TPSA) is 114 Å². The Morgan fingerprint density at radius 3 is 2.38 bits per heavy atom. The molecule has 4 rings (SSSR count). The Morgan fingerprint density at radius 1 is 1.03 bits per heavy atom. The summed E-state index contributed by atoms with van der Waals surface area (Å²) < 4.78 is 46.0. The second-order valence-corrected chi connectivity index (χ2v) is 8.35. The van der Waals surface area contributed by atoms with Gasteiger partial charge in [0, 0.05) is 35.4 Å². The van der Waals surface area contributed by atoms with E-state index >= 15 is 0 Å². The molecule has 0 aliphatic carbocycles. The molecule has 2 heterocycles. The van der Waals surface area contributed by atoms with Crippen LogP contribution in [0.25, 0.3) is 11.1 Å². The van der Waals surface area contributed by atoms with E-state index in [-0.39, 0.29) is 29.1 Å². The fourth-order valence-corrected chi connectivity index (χ4v) is 3.68. The third-order valence-corrected chi connectivity index (χ3v) is 5.59. The number of aldehydes is 1. The first-order chi connectivity index (χ1) is 18.7. The van der Waals surface area contributed by atoms with Crippen molar-refractivity contribution in [3.05, 3.63) is 84.1 Å². The maximum absolute atomic E-state index is 13.7. The molecule has 2 N–H and O–H groups in total. The number of ether oxygens (including phenoxy) is 1. The molecule has 0 radical (unpaired) electrons. The molecule has 12 heteroatoms. The molecule has 2 aromatic carbocycles. The second-order valence-electron chi connectivity index (χ2n) is 8.35. The van der Waals surface area contributed by atoms with Crippen molar-refractivity contribution < 1.29 is 22.7 Å². The molecule has 2 aromatic heterocycles. The number of anilines is 2. The highest BCUT2D eigenvalue weighted by Gasteiger charge is 2.35. The van der Waals surface area contributed by atoms with Crippen LogP contribution in [0.5, 0.6) is 6.01 Å². The van der Waals surface area contributed by atoms with Gasteiger partial charge in [0.1, 0.15) is 23.0 Å². The van der Waals surface area contributed by atoms with Crippen LogP contribution in [0.2, 0.25) is 0 Å². The zero-order chi connectivity index (χ0) is 28.0. The van der Waals surface area contributed by atoms with Gasteiger partial charge in [-0.2, -0.15) is 13.2 Å². The molecule has 4 aromatic rings. The number of nitrogens with zero attached hydrogens (tertiary/aromatic N) is 5. The Kier molecular flexibility index (Phi) is 8.13. The Morgan fingerprint density at radius 2 is 1.74 bits per heavy atom. The highest BCUT2D eigenvalue weighted by Crippen LogP contribution is 2.34. The number of amidine groups is 1. The zero-order valence-corrected chi connectivity index (χ0v) is 21.2. The summed E-state index contributed by atoms with van der Waals surface area (Å²) in [5, 5.41) is 5.96. The lowest BCUT2D eigenvalue weighted by molar-refractivity contribution is -0.137. The minimum Gasteiger partial charge on any atom is -0.467 e. The number of hydrogen-bond donors (Lipinski definition) is 2. The van der Waals surface area contributed by atoms with Crippen LogP contribution in [0.15, 0.2) is 72.1 Å². The van der Waals surface area contributed by atoms with Crippen LogP contribution < -0.4 is 15.4 Å². The largest absolute Gasteiger partial charge is 0.467 e. The standard InChI is InChI=1S/C27H24F3N7O2/c1-16(34-25-22(27(28,29)30)14-31-17(2)35-25)24(36-19-8-5-4-6-9-19)37-23-11-7-10-20(21(23)15-38)18-12-32-26(39-3)33-13-18/h4-16H,1-3H3,(H,36,37)(H,31,34,35)/t16-/m0/s1. The average molecular weight is 536 g/mol. The number of rotatable bonds is 8. The van der Waals surface area contributed by atoms with E-state index in [0.717, 1.165) is 6.20 Å². The van der Waals surface area contributed by atoms with Gasteiger partial charge in [-0.25, -0.2) is 24.9 Å². The van der Waals surface area contributed by atoms with Crippen molar-refractivity contribution in [2.45, 2.75) is 26.1 Å². The highest BCUT2D eigenvalue weighted by molar-refractivity contribution is 6.04. The number of nitrogens with one attached hydrogen (secondary N) is 2. The van der Waals surface area contributed by atoms with Gasteiger partial charge in [-0.05, 0) is 37.6 Å². The summed E-state index contributed by atoms with van der Waals surface area (Å²) in [6.07, 6.45) is -0.231. The number of aliphatic imine (C=N–C) groups is 1. The number of benzene rings is 2. The fourth-order valence-electron chi connectivity index (χ4n) is 3.68. The molecule has 1 atom stereocenters. The van der Waals surface area contributed by atoms with Gasteiger partial charge in [0.2, 0.25) is 0 Å². The highest BCUT2D eigenvalue weighted by atomic mass is 19.4. The summed E-state index contributed by atoms with van der Waals surface area (Å²) in [5.74, 6) is 0.0338. The van der Waals surface area contributed by atoms with Gasteiger partial charge in [0.05, 0.1) is 18.8 Å². The number of aromatic nitrogens is 4. The molecule has 0 unspecified atom stereocenters. The molecular formula is C27H24F3N7O2. The SMILES string of the molecule is COc1ncc(-c2cccc(N=C(Nc3ccccc3)[C@H](C)Nc3nc(C)ncc3C(F)(F)F)c2C=O)cn1. The molecule has 0 saturated carbocycles. The zero-order valence-electron chi connectivity index (χ0n) is 21.2. The summed E-state index contributed by atoms with van der Waals surface area (Å²) >= 11 is 0. The van der Waals surface area contributed by atoms with E-state index in [9.17, 15) is 18.0 Å². The number of aryl methyl sites for hydroxylation is 1. The molecule has 0 spiro atoms. The Bertz CT molecular complexity index is 1480. The van der Waals surface area contributed by atoms with E-state index in [2.05, 4.69) is 35.6 Å². The van der Waals surface area contributed by atoms with E-state index < -0.39 is 17.8 Å². The van der Waals surface area contributed by atoms with Gasteiger partial charge < -0.3 is 15.4 Å². The third kappa shape index (κ3) is 6.53. The first-order valence-corrected chi connectivity index (χ1v) is 11.7. The van der Waals surface area contributed by atoms with Gasteiger partial charge >= 0.3 is 12.2 Å². The van der Waals surface area contributed by atoms with Crippen LogP contribution in [0.4, 0.5) is 30.4 Å². The van der Waals surface area contributed by atoms with Crippen molar-refractivity contribution in [1.29, 1.82) is 0 Å². The van der Waals surface area contributed by atoms with Gasteiger partial charge in [0.15, 0.2) is 6.29 Å². The van der Waals surface area contributed by atoms with Gasteiger partial charge in [-0.1, -0.05) is 30.3 Å². The maximum Gasteiger partial charge on any atom is 0.421 e. The van der Waals surface area contributed by atoms with E-state index in [4.69, 9.17) is 4.74 Å². The molecule has 0 aliphatic heterocycles. The number of methoxy groups -OCH3 is 1. The second kappa shape index (κ2) is 11.7. The Hall–Kier alpha value is -4.87. The lowest BCUT2D eigenvalue weighted by Crippen LogP contribution is -2.33. The van der Waals surface area contributed by atoms with Crippen molar-refractivity contribution in [2.75, 3.05) is 17.7 Å². The van der Waals surface area contributed by atoms with Crippen molar-refractivity contribution >= 4 is 29.3 Å². The van der Waals surface area contributed by atoms with Gasteiger partial charge in [-0.15, -0.1) is 0 Å². The molecular weight excluding hydrogens is 511 g/mol. The Balaban J connectivity index is 1.78. The summed E-state index contributed by atoms with van der Waals surface area (Å²) in [5.41, 5.74) is 1.27. The van der Waals surface area contributed by atoms with E-state index in [1.165, 1.54) is 26.4 Å². The lowest BCUT2D eigenvalue weighted by atomic mass is 10.0. The number of carbonyl (C=O) groups excluding carboxylic acids is 1. The van der Waals surface area contributed by atoms with Crippen LogP contribution in [0.1, 0.15) is 28.7 Å².